The van der Waals surface area contributed by atoms with Gasteiger partial charge in [-0.1, -0.05) is 31.2 Å². The van der Waals surface area contributed by atoms with E-state index in [2.05, 4.69) is 65.6 Å². The third kappa shape index (κ3) is 10.4. The molecule has 0 aliphatic carbocycles. The number of halogens is 1. The van der Waals surface area contributed by atoms with Crippen LogP contribution >= 0.6 is 35.3 Å². The molecule has 1 aromatic carbocycles. The van der Waals surface area contributed by atoms with Crippen LogP contribution in [0.4, 0.5) is 0 Å². The smallest absolute Gasteiger partial charge is 0.191 e. The Balaban J connectivity index is 0.00000420. The molecule has 1 unspecified atom stereocenters. The number of nitrogens with one attached hydrogen (secondary N) is 2. The number of benzene rings is 1. The number of rotatable bonds is 12. The van der Waals surface area contributed by atoms with Crippen molar-refractivity contribution in [2.24, 2.45) is 4.99 Å². The lowest BCUT2D eigenvalue weighted by Crippen LogP contribution is -2.39. The van der Waals surface area contributed by atoms with Gasteiger partial charge in [-0.15, -0.1) is 24.0 Å². The van der Waals surface area contributed by atoms with E-state index in [9.17, 15) is 0 Å². The molecule has 0 saturated carbocycles. The summed E-state index contributed by atoms with van der Waals surface area (Å²) in [6.07, 6.45) is 0. The Morgan fingerprint density at radius 2 is 1.90 bits per heavy atom. The highest BCUT2D eigenvalue weighted by Gasteiger charge is 2.07. The summed E-state index contributed by atoms with van der Waals surface area (Å²) in [6.45, 7) is 11.2. The van der Waals surface area contributed by atoms with Gasteiger partial charge in [0.15, 0.2) is 5.96 Å². The second-order valence-electron chi connectivity index (χ2n) is 6.60. The van der Waals surface area contributed by atoms with Crippen LogP contribution in [0.1, 0.15) is 43.4 Å². The first kappa shape index (κ1) is 25.9. The van der Waals surface area contributed by atoms with Crippen molar-refractivity contribution >= 4 is 41.3 Å². The molecule has 2 rings (SSSR count). The lowest BCUT2D eigenvalue weighted by molar-refractivity contribution is 0.0453. The van der Waals surface area contributed by atoms with Crippen LogP contribution in [-0.2, 0) is 22.6 Å². The molecule has 0 radical (unpaired) electrons. The summed E-state index contributed by atoms with van der Waals surface area (Å²) in [4.78, 5) is 4.74. The van der Waals surface area contributed by atoms with Crippen LogP contribution in [0.15, 0.2) is 46.1 Å². The van der Waals surface area contributed by atoms with Crippen molar-refractivity contribution in [2.75, 3.05) is 32.9 Å². The molecular weight excluding hydrogens is 497 g/mol. The predicted molar refractivity (Wildman–Crippen MR) is 134 cm³/mol. The molecular formula is C22H34IN3O2S. The highest BCUT2D eigenvalue weighted by molar-refractivity contribution is 14.0. The summed E-state index contributed by atoms with van der Waals surface area (Å²) in [7, 11) is 0. The third-order valence-corrected chi connectivity index (χ3v) is 4.99. The van der Waals surface area contributed by atoms with Crippen LogP contribution in [0.3, 0.4) is 0 Å². The Hall–Kier alpha value is -1.16. The maximum Gasteiger partial charge on any atom is 0.191 e. The van der Waals surface area contributed by atoms with Crippen molar-refractivity contribution in [1.29, 1.82) is 0 Å². The van der Waals surface area contributed by atoms with Crippen LogP contribution in [0.25, 0.3) is 0 Å². The number of ether oxygens (including phenoxy) is 2. The standard InChI is InChI=1S/C22H33N3O2S.HI/c1-4-23-22(24-14-18(3)21-9-12-28-17-21)25-15-19-7-6-8-20(13-19)16-27-11-10-26-5-2;/h6-9,12-13,17-18H,4-5,10-11,14-16H2,1-3H3,(H2,23,24,25);1H. The fourth-order valence-electron chi connectivity index (χ4n) is 2.71. The first-order valence-electron chi connectivity index (χ1n) is 10.0. The van der Waals surface area contributed by atoms with Crippen molar-refractivity contribution in [3.05, 3.63) is 57.8 Å². The Kier molecular flexibility index (Phi) is 14.0. The van der Waals surface area contributed by atoms with Gasteiger partial charge in [-0.25, -0.2) is 4.99 Å². The monoisotopic (exact) mass is 531 g/mol. The zero-order valence-electron chi connectivity index (χ0n) is 17.6. The first-order chi connectivity index (χ1) is 13.7. The van der Waals surface area contributed by atoms with Gasteiger partial charge in [0.25, 0.3) is 0 Å². The molecule has 0 saturated heterocycles. The quantitative estimate of drug-likeness (QED) is 0.179. The summed E-state index contributed by atoms with van der Waals surface area (Å²) in [5.74, 6) is 1.30. The zero-order valence-corrected chi connectivity index (χ0v) is 20.8. The number of guanidine groups is 1. The summed E-state index contributed by atoms with van der Waals surface area (Å²) in [5.41, 5.74) is 3.70. The van der Waals surface area contributed by atoms with E-state index in [1.165, 1.54) is 11.1 Å². The normalized spacial score (nSPS) is 12.3. The van der Waals surface area contributed by atoms with Crippen LogP contribution in [0, 0.1) is 0 Å². The van der Waals surface area contributed by atoms with Gasteiger partial charge in [0.2, 0.25) is 0 Å². The Bertz CT molecular complexity index is 695. The Morgan fingerprint density at radius 1 is 1.10 bits per heavy atom. The Morgan fingerprint density at radius 3 is 2.62 bits per heavy atom. The Labute approximate surface area is 196 Å². The van der Waals surface area contributed by atoms with E-state index in [4.69, 9.17) is 14.5 Å². The van der Waals surface area contributed by atoms with Gasteiger partial charge in [0.05, 0.1) is 26.4 Å². The molecule has 0 amide bonds. The second kappa shape index (κ2) is 15.6. The fraction of sp³-hybridized carbons (Fsp3) is 0.500. The molecule has 5 nitrogen and oxygen atoms in total. The van der Waals surface area contributed by atoms with E-state index in [0.717, 1.165) is 31.2 Å². The minimum absolute atomic E-state index is 0. The van der Waals surface area contributed by atoms with E-state index < -0.39 is 0 Å². The van der Waals surface area contributed by atoms with Crippen molar-refractivity contribution < 1.29 is 9.47 Å². The second-order valence-corrected chi connectivity index (χ2v) is 7.38. The molecule has 0 aliphatic heterocycles. The number of thiophene rings is 1. The van der Waals surface area contributed by atoms with E-state index in [0.29, 0.717) is 32.3 Å². The number of nitrogens with zero attached hydrogens (tertiary/aromatic N) is 1. The van der Waals surface area contributed by atoms with Gasteiger partial charge in [-0.05, 0) is 53.3 Å². The molecule has 0 spiro atoms. The number of aliphatic imine (C=N–C) groups is 1. The predicted octanol–water partition coefficient (Wildman–Crippen LogP) is 4.78. The average molecular weight is 532 g/mol. The molecule has 1 aromatic heterocycles. The highest BCUT2D eigenvalue weighted by Crippen LogP contribution is 2.17. The van der Waals surface area contributed by atoms with Gasteiger partial charge < -0.3 is 20.1 Å². The van der Waals surface area contributed by atoms with Crippen molar-refractivity contribution in [3.63, 3.8) is 0 Å². The van der Waals surface area contributed by atoms with Crippen molar-refractivity contribution in [1.82, 2.24) is 10.6 Å². The molecule has 1 atom stereocenters. The molecule has 0 fully saturated rings. The molecule has 2 N–H and O–H groups in total. The summed E-state index contributed by atoms with van der Waals surface area (Å²) < 4.78 is 10.9. The van der Waals surface area contributed by atoms with Crippen LogP contribution in [-0.4, -0.2) is 38.9 Å². The van der Waals surface area contributed by atoms with Crippen LogP contribution < -0.4 is 10.6 Å². The topological polar surface area (TPSA) is 54.9 Å². The minimum atomic E-state index is 0. The molecule has 0 bridgehead atoms. The SMILES string of the molecule is CCNC(=NCc1cccc(COCCOCC)c1)NCC(C)c1ccsc1.I. The largest absolute Gasteiger partial charge is 0.379 e. The summed E-state index contributed by atoms with van der Waals surface area (Å²) in [6, 6.07) is 10.6. The molecule has 1 heterocycles. The van der Waals surface area contributed by atoms with E-state index in [-0.39, 0.29) is 24.0 Å². The first-order valence-corrected chi connectivity index (χ1v) is 10.9. The molecule has 2 aromatic rings. The van der Waals surface area contributed by atoms with E-state index in [1.807, 2.05) is 6.92 Å². The van der Waals surface area contributed by atoms with Crippen LogP contribution in [0.5, 0.6) is 0 Å². The summed E-state index contributed by atoms with van der Waals surface area (Å²) >= 11 is 1.74. The maximum absolute atomic E-state index is 5.66. The van der Waals surface area contributed by atoms with Gasteiger partial charge in [0, 0.05) is 19.7 Å². The van der Waals surface area contributed by atoms with E-state index >= 15 is 0 Å². The number of hydrogen-bond acceptors (Lipinski definition) is 4. The van der Waals surface area contributed by atoms with Crippen molar-refractivity contribution in [3.8, 4) is 0 Å². The average Bonchev–Trinajstić information content (AvgIpc) is 3.25. The summed E-state index contributed by atoms with van der Waals surface area (Å²) in [5, 5.41) is 11.1. The lowest BCUT2D eigenvalue weighted by atomic mass is 10.1. The molecule has 7 heteroatoms. The molecule has 162 valence electrons. The molecule has 0 aliphatic rings. The third-order valence-electron chi connectivity index (χ3n) is 4.29. The van der Waals surface area contributed by atoms with E-state index in [1.54, 1.807) is 11.3 Å². The number of hydrogen-bond donors (Lipinski definition) is 2. The van der Waals surface area contributed by atoms with Gasteiger partial charge >= 0.3 is 0 Å². The van der Waals surface area contributed by atoms with Gasteiger partial charge in [-0.2, -0.15) is 11.3 Å². The highest BCUT2D eigenvalue weighted by atomic mass is 127. The van der Waals surface area contributed by atoms with Crippen molar-refractivity contribution in [2.45, 2.75) is 39.8 Å². The fourth-order valence-corrected chi connectivity index (χ4v) is 3.49. The van der Waals surface area contributed by atoms with Gasteiger partial charge in [-0.3, -0.25) is 0 Å². The zero-order chi connectivity index (χ0) is 20.0. The lowest BCUT2D eigenvalue weighted by Gasteiger charge is -2.15. The minimum Gasteiger partial charge on any atom is -0.379 e. The molecule has 29 heavy (non-hydrogen) atoms. The van der Waals surface area contributed by atoms with Gasteiger partial charge in [0.1, 0.15) is 0 Å². The van der Waals surface area contributed by atoms with Crippen LogP contribution in [0.2, 0.25) is 0 Å². The maximum atomic E-state index is 5.66.